The first-order valence-electron chi connectivity index (χ1n) is 5.90. The largest absolute Gasteiger partial charge is 0.328 e. The highest BCUT2D eigenvalue weighted by Crippen LogP contribution is 2.27. The summed E-state index contributed by atoms with van der Waals surface area (Å²) in [5.74, 6) is 0.928. The fraction of sp³-hybridized carbons (Fsp3) is 0.917. The quantitative estimate of drug-likeness (QED) is 0.693. The molecule has 0 aromatic carbocycles. The fourth-order valence-electron chi connectivity index (χ4n) is 2.24. The molecule has 1 unspecified atom stereocenters. The molecule has 0 aromatic heterocycles. The van der Waals surface area contributed by atoms with Gasteiger partial charge in [0.1, 0.15) is 0 Å². The Bertz CT molecular complexity index is 116. The van der Waals surface area contributed by atoms with Crippen LogP contribution in [0.5, 0.6) is 0 Å². The maximum absolute atomic E-state index is 6.08. The summed E-state index contributed by atoms with van der Waals surface area (Å²) < 4.78 is 0. The van der Waals surface area contributed by atoms with Gasteiger partial charge in [-0.25, -0.2) is 0 Å². The van der Waals surface area contributed by atoms with E-state index in [0.29, 0.717) is 6.04 Å². The maximum atomic E-state index is 6.08. The predicted molar refractivity (Wildman–Crippen MR) is 58.4 cm³/mol. The lowest BCUT2D eigenvalue weighted by Crippen LogP contribution is -2.24. The molecule has 0 aromatic rings. The molecule has 0 bridgehead atoms. The van der Waals surface area contributed by atoms with Crippen molar-refractivity contribution in [3.63, 3.8) is 0 Å². The summed E-state index contributed by atoms with van der Waals surface area (Å²) >= 11 is 0. The van der Waals surface area contributed by atoms with Crippen LogP contribution in [0.4, 0.5) is 0 Å². The molecule has 1 rings (SSSR count). The van der Waals surface area contributed by atoms with Crippen molar-refractivity contribution >= 4 is 0 Å². The molecule has 1 fully saturated rings. The molecule has 1 radical (unpaired) electrons. The highest BCUT2D eigenvalue weighted by Gasteiger charge is 2.16. The van der Waals surface area contributed by atoms with E-state index in [1.807, 2.05) is 0 Å². The fourth-order valence-corrected chi connectivity index (χ4v) is 2.24. The first kappa shape index (κ1) is 11.0. The van der Waals surface area contributed by atoms with Gasteiger partial charge in [0.2, 0.25) is 0 Å². The van der Waals surface area contributed by atoms with Gasteiger partial charge in [0.25, 0.3) is 0 Å². The minimum atomic E-state index is 0.475. The van der Waals surface area contributed by atoms with Gasteiger partial charge in [0, 0.05) is 6.04 Å². The smallest absolute Gasteiger partial charge is 0.00414 e. The van der Waals surface area contributed by atoms with E-state index in [2.05, 4.69) is 13.3 Å². The summed E-state index contributed by atoms with van der Waals surface area (Å²) in [4.78, 5) is 0. The Morgan fingerprint density at radius 2 is 2.08 bits per heavy atom. The van der Waals surface area contributed by atoms with E-state index < -0.39 is 0 Å². The summed E-state index contributed by atoms with van der Waals surface area (Å²) in [7, 11) is 0. The summed E-state index contributed by atoms with van der Waals surface area (Å²) in [6.45, 7) is 2.24. The second-order valence-corrected chi connectivity index (χ2v) is 4.45. The normalized spacial score (nSPS) is 21.7. The molecule has 1 saturated carbocycles. The third-order valence-electron chi connectivity index (χ3n) is 3.12. The minimum absolute atomic E-state index is 0.475. The summed E-state index contributed by atoms with van der Waals surface area (Å²) in [5.41, 5.74) is 6.08. The van der Waals surface area contributed by atoms with Crippen molar-refractivity contribution in [1.29, 1.82) is 0 Å². The van der Waals surface area contributed by atoms with Gasteiger partial charge in [-0.3, -0.25) is 0 Å². The molecular formula is C12H24N. The molecule has 2 N–H and O–H groups in total. The summed E-state index contributed by atoms with van der Waals surface area (Å²) in [5, 5.41) is 0. The van der Waals surface area contributed by atoms with Crippen molar-refractivity contribution in [3.8, 4) is 0 Å². The molecule has 1 nitrogen and oxygen atoms in total. The number of hydrogen-bond donors (Lipinski definition) is 1. The lowest BCUT2D eigenvalue weighted by molar-refractivity contribution is 0.341. The van der Waals surface area contributed by atoms with Crippen molar-refractivity contribution < 1.29 is 0 Å². The SMILES string of the molecule is CCCCC(N)CC1CC[CH]CC1. The highest BCUT2D eigenvalue weighted by molar-refractivity contribution is 4.79. The van der Waals surface area contributed by atoms with Gasteiger partial charge in [0.05, 0.1) is 0 Å². The van der Waals surface area contributed by atoms with E-state index in [1.165, 1.54) is 51.4 Å². The van der Waals surface area contributed by atoms with E-state index in [9.17, 15) is 0 Å². The predicted octanol–water partition coefficient (Wildman–Crippen LogP) is 3.29. The average molecular weight is 182 g/mol. The second kappa shape index (κ2) is 6.42. The van der Waals surface area contributed by atoms with Crippen molar-refractivity contribution in [2.24, 2.45) is 11.7 Å². The van der Waals surface area contributed by atoms with E-state index in [1.54, 1.807) is 0 Å². The van der Waals surface area contributed by atoms with Gasteiger partial charge in [-0.15, -0.1) is 0 Å². The highest BCUT2D eigenvalue weighted by atomic mass is 14.6. The topological polar surface area (TPSA) is 26.0 Å². The molecule has 0 spiro atoms. The molecular weight excluding hydrogens is 158 g/mol. The van der Waals surface area contributed by atoms with Gasteiger partial charge in [-0.1, -0.05) is 32.6 Å². The van der Waals surface area contributed by atoms with Crippen LogP contribution >= 0.6 is 0 Å². The number of unbranched alkanes of at least 4 members (excludes halogenated alkanes) is 1. The molecule has 0 aliphatic heterocycles. The first-order chi connectivity index (χ1) is 6.33. The molecule has 0 heterocycles. The third kappa shape index (κ3) is 4.66. The van der Waals surface area contributed by atoms with E-state index in [0.717, 1.165) is 5.92 Å². The Morgan fingerprint density at radius 1 is 1.38 bits per heavy atom. The second-order valence-electron chi connectivity index (χ2n) is 4.45. The Labute approximate surface area is 83.1 Å². The zero-order valence-electron chi connectivity index (χ0n) is 8.97. The number of nitrogens with two attached hydrogens (primary N) is 1. The van der Waals surface area contributed by atoms with Crippen LogP contribution in [0, 0.1) is 12.3 Å². The van der Waals surface area contributed by atoms with Gasteiger partial charge in [-0.05, 0) is 38.0 Å². The van der Waals surface area contributed by atoms with Gasteiger partial charge in [-0.2, -0.15) is 0 Å². The van der Waals surface area contributed by atoms with E-state index >= 15 is 0 Å². The Balaban J connectivity index is 2.07. The van der Waals surface area contributed by atoms with E-state index in [4.69, 9.17) is 5.73 Å². The van der Waals surface area contributed by atoms with Crippen LogP contribution in [0.25, 0.3) is 0 Å². The lowest BCUT2D eigenvalue weighted by atomic mass is 9.84. The Hall–Kier alpha value is -0.0400. The standard InChI is InChI=1S/C12H24N/c1-2-3-9-12(13)10-11-7-5-4-6-8-11/h4,11-12H,2-3,5-10,13H2,1H3. The maximum Gasteiger partial charge on any atom is 0.00414 e. The summed E-state index contributed by atoms with van der Waals surface area (Å²) in [6, 6.07) is 0.475. The summed E-state index contributed by atoms with van der Waals surface area (Å²) in [6.07, 6.45) is 12.9. The molecule has 0 saturated heterocycles. The van der Waals surface area contributed by atoms with Crippen LogP contribution in [0.15, 0.2) is 0 Å². The molecule has 1 aliphatic carbocycles. The molecule has 1 heteroatoms. The van der Waals surface area contributed by atoms with Crippen LogP contribution in [0.2, 0.25) is 0 Å². The zero-order chi connectivity index (χ0) is 9.52. The molecule has 1 atom stereocenters. The van der Waals surface area contributed by atoms with Crippen molar-refractivity contribution in [2.75, 3.05) is 0 Å². The monoisotopic (exact) mass is 182 g/mol. The molecule has 77 valence electrons. The Morgan fingerprint density at radius 3 is 2.69 bits per heavy atom. The van der Waals surface area contributed by atoms with E-state index in [-0.39, 0.29) is 0 Å². The van der Waals surface area contributed by atoms with Crippen LogP contribution in [0.3, 0.4) is 0 Å². The van der Waals surface area contributed by atoms with Crippen LogP contribution < -0.4 is 5.73 Å². The lowest BCUT2D eigenvalue weighted by Gasteiger charge is -2.24. The Kier molecular flexibility index (Phi) is 5.45. The van der Waals surface area contributed by atoms with Crippen LogP contribution in [0.1, 0.15) is 58.3 Å². The minimum Gasteiger partial charge on any atom is -0.328 e. The van der Waals surface area contributed by atoms with Crippen molar-refractivity contribution in [3.05, 3.63) is 6.42 Å². The third-order valence-corrected chi connectivity index (χ3v) is 3.12. The molecule has 13 heavy (non-hydrogen) atoms. The number of rotatable bonds is 5. The van der Waals surface area contributed by atoms with Gasteiger partial charge >= 0.3 is 0 Å². The van der Waals surface area contributed by atoms with Crippen LogP contribution in [-0.4, -0.2) is 6.04 Å². The van der Waals surface area contributed by atoms with Crippen LogP contribution in [-0.2, 0) is 0 Å². The first-order valence-corrected chi connectivity index (χ1v) is 5.90. The molecule has 1 aliphatic rings. The zero-order valence-corrected chi connectivity index (χ0v) is 8.97. The number of hydrogen-bond acceptors (Lipinski definition) is 1. The van der Waals surface area contributed by atoms with Crippen molar-refractivity contribution in [1.82, 2.24) is 0 Å². The average Bonchev–Trinajstić information content (AvgIpc) is 2.16. The van der Waals surface area contributed by atoms with Gasteiger partial charge in [0.15, 0.2) is 0 Å². The van der Waals surface area contributed by atoms with Gasteiger partial charge < -0.3 is 5.73 Å². The molecule has 0 amide bonds. The van der Waals surface area contributed by atoms with Crippen molar-refractivity contribution in [2.45, 2.75) is 64.3 Å².